The van der Waals surface area contributed by atoms with Gasteiger partial charge in [-0.1, -0.05) is 11.6 Å². The highest BCUT2D eigenvalue weighted by Crippen LogP contribution is 2.20. The lowest BCUT2D eigenvalue weighted by atomic mass is 10.1. The largest absolute Gasteiger partial charge is 0.363 e. The van der Waals surface area contributed by atoms with Crippen LogP contribution in [0.4, 0.5) is 11.8 Å². The van der Waals surface area contributed by atoms with E-state index in [1.165, 1.54) is 0 Å². The molecule has 0 aliphatic rings. The molecule has 1 N–H and O–H groups in total. The molecule has 1 aromatic carbocycles. The van der Waals surface area contributed by atoms with E-state index >= 15 is 0 Å². The summed E-state index contributed by atoms with van der Waals surface area (Å²) in [6, 6.07) is 9.20. The molecule has 0 fully saturated rings. The molecular formula is C19H21ClN6O. The first-order valence-electron chi connectivity index (χ1n) is 8.46. The molecule has 0 radical (unpaired) electrons. The number of aromatic nitrogens is 4. The number of hydrogen-bond donors (Lipinski definition) is 1. The third kappa shape index (κ3) is 4.25. The number of nitrogens with one attached hydrogen (secondary N) is 1. The van der Waals surface area contributed by atoms with Crippen LogP contribution < -0.4 is 10.2 Å². The van der Waals surface area contributed by atoms with E-state index in [1.807, 2.05) is 61.8 Å². The number of carbonyl (C=O) groups is 1. The van der Waals surface area contributed by atoms with Gasteiger partial charge in [-0.2, -0.15) is 10.1 Å². The smallest absolute Gasteiger partial charge is 0.231 e. The summed E-state index contributed by atoms with van der Waals surface area (Å²) < 4.78 is 1.82. The number of nitrogens with zero attached hydrogens (tertiary/aromatic N) is 5. The van der Waals surface area contributed by atoms with Crippen molar-refractivity contribution in [2.75, 3.05) is 24.3 Å². The Labute approximate surface area is 163 Å². The second-order valence-electron chi connectivity index (χ2n) is 6.40. The minimum absolute atomic E-state index is 0.187. The van der Waals surface area contributed by atoms with Crippen molar-refractivity contribution in [1.82, 2.24) is 19.7 Å². The van der Waals surface area contributed by atoms with E-state index in [-0.39, 0.29) is 18.3 Å². The maximum atomic E-state index is 12.5. The van der Waals surface area contributed by atoms with Gasteiger partial charge in [0.2, 0.25) is 11.9 Å². The van der Waals surface area contributed by atoms with Crippen molar-refractivity contribution in [3.05, 3.63) is 58.5 Å². The van der Waals surface area contributed by atoms with Gasteiger partial charge < -0.3 is 4.90 Å². The average Bonchev–Trinajstić information content (AvgIpc) is 2.91. The van der Waals surface area contributed by atoms with E-state index in [0.717, 1.165) is 28.5 Å². The molecule has 0 saturated carbocycles. The Hall–Kier alpha value is -2.93. The third-order valence-corrected chi connectivity index (χ3v) is 4.45. The second-order valence-corrected chi connectivity index (χ2v) is 6.83. The first-order valence-corrected chi connectivity index (χ1v) is 8.84. The predicted molar refractivity (Wildman–Crippen MR) is 107 cm³/mol. The van der Waals surface area contributed by atoms with Gasteiger partial charge in [0, 0.05) is 36.6 Å². The molecule has 0 aliphatic carbocycles. The number of benzene rings is 1. The second kappa shape index (κ2) is 7.75. The summed E-state index contributed by atoms with van der Waals surface area (Å²) in [5, 5.41) is 7.98. The molecule has 2 heterocycles. The Kier molecular flexibility index (Phi) is 5.41. The predicted octanol–water partition coefficient (Wildman–Crippen LogP) is 3.18. The molecule has 140 valence electrons. The fourth-order valence-electron chi connectivity index (χ4n) is 2.75. The number of halogens is 1. The minimum Gasteiger partial charge on any atom is -0.363 e. The fourth-order valence-corrected chi connectivity index (χ4v) is 2.88. The van der Waals surface area contributed by atoms with Gasteiger partial charge in [-0.25, -0.2) is 9.67 Å². The summed E-state index contributed by atoms with van der Waals surface area (Å²) in [5.41, 5.74) is 3.49. The van der Waals surface area contributed by atoms with Crippen LogP contribution in [0.1, 0.15) is 17.0 Å². The van der Waals surface area contributed by atoms with Gasteiger partial charge >= 0.3 is 0 Å². The van der Waals surface area contributed by atoms with Crippen molar-refractivity contribution in [3.63, 3.8) is 0 Å². The number of anilines is 2. The van der Waals surface area contributed by atoms with Gasteiger partial charge in [-0.05, 0) is 44.2 Å². The van der Waals surface area contributed by atoms with E-state index in [1.54, 1.807) is 12.3 Å². The molecule has 0 atom stereocenters. The molecule has 0 aliphatic heterocycles. The lowest BCUT2D eigenvalue weighted by Gasteiger charge is -2.12. The van der Waals surface area contributed by atoms with E-state index in [4.69, 9.17) is 11.6 Å². The highest BCUT2D eigenvalue weighted by molar-refractivity contribution is 6.30. The van der Waals surface area contributed by atoms with Crippen LogP contribution in [0.5, 0.6) is 0 Å². The van der Waals surface area contributed by atoms with Crippen LogP contribution in [0.2, 0.25) is 5.02 Å². The zero-order valence-corrected chi connectivity index (χ0v) is 16.4. The Morgan fingerprint density at radius 3 is 2.56 bits per heavy atom. The van der Waals surface area contributed by atoms with Crippen molar-refractivity contribution in [2.45, 2.75) is 20.3 Å². The van der Waals surface area contributed by atoms with Crippen LogP contribution in [-0.4, -0.2) is 39.8 Å². The van der Waals surface area contributed by atoms with Crippen LogP contribution in [0.15, 0.2) is 36.5 Å². The van der Waals surface area contributed by atoms with Crippen LogP contribution in [-0.2, 0) is 11.2 Å². The van der Waals surface area contributed by atoms with Gasteiger partial charge in [-0.15, -0.1) is 0 Å². The zero-order chi connectivity index (χ0) is 19.6. The van der Waals surface area contributed by atoms with Crippen LogP contribution in [0.25, 0.3) is 5.69 Å². The normalized spacial score (nSPS) is 10.7. The van der Waals surface area contributed by atoms with Crippen LogP contribution in [0.3, 0.4) is 0 Å². The van der Waals surface area contributed by atoms with Crippen molar-refractivity contribution in [3.8, 4) is 5.69 Å². The monoisotopic (exact) mass is 384 g/mol. The summed E-state index contributed by atoms with van der Waals surface area (Å²) >= 11 is 5.95. The summed E-state index contributed by atoms with van der Waals surface area (Å²) in [4.78, 5) is 22.8. The first-order chi connectivity index (χ1) is 12.8. The average molecular weight is 385 g/mol. The Morgan fingerprint density at radius 2 is 1.89 bits per heavy atom. The number of amides is 1. The standard InChI is InChI=1S/C19H21ClN6O/c1-12-16(13(2)26(24-12)15-7-5-14(20)6-8-15)11-18(27)23-19-21-10-9-17(22-19)25(3)4/h5-10H,11H2,1-4H3,(H,21,22,23,27). The molecule has 0 saturated heterocycles. The molecule has 27 heavy (non-hydrogen) atoms. The van der Waals surface area contributed by atoms with Gasteiger partial charge in [0.05, 0.1) is 17.8 Å². The van der Waals surface area contributed by atoms with Crippen molar-refractivity contribution < 1.29 is 4.79 Å². The molecule has 7 nitrogen and oxygen atoms in total. The Bertz CT molecular complexity index is 965. The highest BCUT2D eigenvalue weighted by Gasteiger charge is 2.17. The molecule has 3 rings (SSSR count). The summed E-state index contributed by atoms with van der Waals surface area (Å²) in [7, 11) is 3.76. The number of aryl methyl sites for hydroxylation is 1. The van der Waals surface area contributed by atoms with Gasteiger partial charge in [-0.3, -0.25) is 10.1 Å². The summed E-state index contributed by atoms with van der Waals surface area (Å²) in [6.07, 6.45) is 1.81. The lowest BCUT2D eigenvalue weighted by Crippen LogP contribution is -2.18. The zero-order valence-electron chi connectivity index (χ0n) is 15.7. The van der Waals surface area contributed by atoms with Crippen molar-refractivity contribution in [2.24, 2.45) is 0 Å². The molecule has 8 heteroatoms. The Balaban J connectivity index is 1.78. The first kappa shape index (κ1) is 18.8. The fraction of sp³-hybridized carbons (Fsp3) is 0.263. The summed E-state index contributed by atoms with van der Waals surface area (Å²) in [5.74, 6) is 0.822. The van der Waals surface area contributed by atoms with E-state index < -0.39 is 0 Å². The van der Waals surface area contributed by atoms with Gasteiger partial charge in [0.1, 0.15) is 5.82 Å². The maximum Gasteiger partial charge on any atom is 0.231 e. The number of hydrogen-bond acceptors (Lipinski definition) is 5. The lowest BCUT2D eigenvalue weighted by molar-refractivity contribution is -0.115. The van der Waals surface area contributed by atoms with Crippen molar-refractivity contribution >= 4 is 29.3 Å². The Morgan fingerprint density at radius 1 is 1.19 bits per heavy atom. The van der Waals surface area contributed by atoms with E-state index in [0.29, 0.717) is 5.02 Å². The number of carbonyl (C=O) groups excluding carboxylic acids is 1. The molecule has 2 aromatic heterocycles. The third-order valence-electron chi connectivity index (χ3n) is 4.20. The van der Waals surface area contributed by atoms with E-state index in [2.05, 4.69) is 20.4 Å². The van der Waals surface area contributed by atoms with Crippen LogP contribution >= 0.6 is 11.6 Å². The molecular weight excluding hydrogens is 364 g/mol. The minimum atomic E-state index is -0.187. The molecule has 1 amide bonds. The van der Waals surface area contributed by atoms with Crippen molar-refractivity contribution in [1.29, 1.82) is 0 Å². The van der Waals surface area contributed by atoms with Gasteiger partial charge in [0.15, 0.2) is 0 Å². The molecule has 0 spiro atoms. The number of rotatable bonds is 5. The van der Waals surface area contributed by atoms with E-state index in [9.17, 15) is 4.79 Å². The summed E-state index contributed by atoms with van der Waals surface area (Å²) in [6.45, 7) is 3.84. The topological polar surface area (TPSA) is 75.9 Å². The highest BCUT2D eigenvalue weighted by atomic mass is 35.5. The van der Waals surface area contributed by atoms with Gasteiger partial charge in [0.25, 0.3) is 0 Å². The quantitative estimate of drug-likeness (QED) is 0.731. The molecule has 0 bridgehead atoms. The van der Waals surface area contributed by atoms with Crippen LogP contribution in [0, 0.1) is 13.8 Å². The maximum absolute atomic E-state index is 12.5. The molecule has 0 unspecified atom stereocenters. The SMILES string of the molecule is Cc1nn(-c2ccc(Cl)cc2)c(C)c1CC(=O)Nc1nccc(N(C)C)n1. The molecule has 3 aromatic rings.